The largest absolute Gasteiger partial charge is 0.377 e. The van der Waals surface area contributed by atoms with Crippen molar-refractivity contribution in [3.63, 3.8) is 0 Å². The summed E-state index contributed by atoms with van der Waals surface area (Å²) in [4.78, 5) is 10.6. The van der Waals surface area contributed by atoms with Gasteiger partial charge in [-0.2, -0.15) is 0 Å². The van der Waals surface area contributed by atoms with E-state index in [0.717, 1.165) is 5.56 Å². The fourth-order valence-electron chi connectivity index (χ4n) is 1.54. The van der Waals surface area contributed by atoms with Crippen LogP contribution in [0.3, 0.4) is 0 Å². The van der Waals surface area contributed by atoms with E-state index in [1.165, 1.54) is 6.92 Å². The summed E-state index contributed by atoms with van der Waals surface area (Å²) in [7, 11) is 0. The van der Waals surface area contributed by atoms with Gasteiger partial charge >= 0.3 is 0 Å². The molecule has 5 heteroatoms. The predicted octanol–water partition coefficient (Wildman–Crippen LogP) is 1.84. The summed E-state index contributed by atoms with van der Waals surface area (Å²) in [6.07, 6.45) is 0. The molecule has 0 aliphatic heterocycles. The molecule has 1 aromatic carbocycles. The molecule has 0 atom stereocenters. The van der Waals surface area contributed by atoms with Crippen LogP contribution in [0.15, 0.2) is 30.3 Å². The molecule has 0 N–H and O–H groups in total. The van der Waals surface area contributed by atoms with Gasteiger partial charge in [-0.25, -0.2) is 0 Å². The van der Waals surface area contributed by atoms with Crippen LogP contribution in [0.4, 0.5) is 0 Å². The minimum atomic E-state index is 0.0221. The molecule has 21 heavy (non-hydrogen) atoms. The van der Waals surface area contributed by atoms with Gasteiger partial charge in [-0.15, -0.1) is 0 Å². The molecule has 0 saturated heterocycles. The Morgan fingerprint density at radius 3 is 1.90 bits per heavy atom. The third-order valence-corrected chi connectivity index (χ3v) is 2.53. The number of carbonyl (C=O) groups excluding carboxylic acids is 1. The van der Waals surface area contributed by atoms with Crippen LogP contribution in [0.1, 0.15) is 12.5 Å². The van der Waals surface area contributed by atoms with E-state index in [9.17, 15) is 4.79 Å². The van der Waals surface area contributed by atoms with Gasteiger partial charge in [-0.1, -0.05) is 30.3 Å². The van der Waals surface area contributed by atoms with Crippen LogP contribution in [0, 0.1) is 0 Å². The van der Waals surface area contributed by atoms with E-state index in [1.807, 2.05) is 30.3 Å². The zero-order valence-electron chi connectivity index (χ0n) is 12.6. The topological polar surface area (TPSA) is 54.0 Å². The second-order valence-corrected chi connectivity index (χ2v) is 4.52. The molecule has 0 aliphatic rings. The third kappa shape index (κ3) is 11.1. The second-order valence-electron chi connectivity index (χ2n) is 4.52. The number of ketones is 1. The van der Waals surface area contributed by atoms with E-state index < -0.39 is 0 Å². The average Bonchev–Trinajstić information content (AvgIpc) is 2.49. The number of hydrogen-bond donors (Lipinski definition) is 0. The Balaban J connectivity index is 1.78. The summed E-state index contributed by atoms with van der Waals surface area (Å²) in [5.74, 6) is 0.0221. The summed E-state index contributed by atoms with van der Waals surface area (Å²) in [5, 5.41) is 0. The molecule has 0 amide bonds. The van der Waals surface area contributed by atoms with Crippen LogP contribution in [0.5, 0.6) is 0 Å². The lowest BCUT2D eigenvalue weighted by Gasteiger charge is -2.07. The van der Waals surface area contributed by atoms with Crippen molar-refractivity contribution < 1.29 is 23.7 Å². The zero-order valence-corrected chi connectivity index (χ0v) is 12.6. The molecule has 0 aromatic heterocycles. The van der Waals surface area contributed by atoms with E-state index in [-0.39, 0.29) is 12.4 Å². The lowest BCUT2D eigenvalue weighted by Crippen LogP contribution is -2.13. The van der Waals surface area contributed by atoms with Gasteiger partial charge in [-0.05, 0) is 12.5 Å². The van der Waals surface area contributed by atoms with E-state index >= 15 is 0 Å². The maximum absolute atomic E-state index is 10.6. The summed E-state index contributed by atoms with van der Waals surface area (Å²) in [6, 6.07) is 10.0. The fraction of sp³-hybridized carbons (Fsp3) is 0.562. The molecule has 118 valence electrons. The monoisotopic (exact) mass is 296 g/mol. The van der Waals surface area contributed by atoms with Gasteiger partial charge in [0.2, 0.25) is 0 Å². The Morgan fingerprint density at radius 2 is 1.33 bits per heavy atom. The van der Waals surface area contributed by atoms with Crippen LogP contribution >= 0.6 is 0 Å². The number of hydrogen-bond acceptors (Lipinski definition) is 5. The number of carbonyl (C=O) groups is 1. The molecule has 0 unspecified atom stereocenters. The molecule has 0 spiro atoms. The molecule has 0 saturated carbocycles. The summed E-state index contributed by atoms with van der Waals surface area (Å²) >= 11 is 0. The van der Waals surface area contributed by atoms with E-state index in [4.69, 9.17) is 18.9 Å². The molecule has 0 radical (unpaired) electrons. The van der Waals surface area contributed by atoms with Crippen molar-refractivity contribution in [2.45, 2.75) is 13.5 Å². The van der Waals surface area contributed by atoms with Crippen molar-refractivity contribution in [2.75, 3.05) is 46.2 Å². The van der Waals surface area contributed by atoms with E-state index in [0.29, 0.717) is 46.2 Å². The summed E-state index contributed by atoms with van der Waals surface area (Å²) < 4.78 is 21.2. The standard InChI is InChI=1S/C16H24O5/c1-15(17)13-20-11-9-18-7-8-19-10-12-21-14-16-5-3-2-4-6-16/h2-6H,7-14H2,1H3. The Morgan fingerprint density at radius 1 is 0.810 bits per heavy atom. The first kappa shape index (κ1) is 17.8. The quantitative estimate of drug-likeness (QED) is 0.520. The Bertz CT molecular complexity index is 366. The van der Waals surface area contributed by atoms with Gasteiger partial charge in [0.1, 0.15) is 6.61 Å². The molecule has 0 aliphatic carbocycles. The van der Waals surface area contributed by atoms with Crippen molar-refractivity contribution in [1.82, 2.24) is 0 Å². The first-order valence-electron chi connectivity index (χ1n) is 7.13. The van der Waals surface area contributed by atoms with Crippen molar-refractivity contribution in [1.29, 1.82) is 0 Å². The van der Waals surface area contributed by atoms with Crippen molar-refractivity contribution in [3.8, 4) is 0 Å². The third-order valence-electron chi connectivity index (χ3n) is 2.53. The Labute approximate surface area is 126 Å². The zero-order chi connectivity index (χ0) is 15.2. The molecule has 5 nitrogen and oxygen atoms in total. The highest BCUT2D eigenvalue weighted by atomic mass is 16.6. The number of rotatable bonds is 13. The van der Waals surface area contributed by atoms with Gasteiger partial charge in [-0.3, -0.25) is 4.79 Å². The SMILES string of the molecule is CC(=O)COCCOCCOCCOCc1ccccc1. The number of benzene rings is 1. The predicted molar refractivity (Wildman–Crippen MR) is 79.2 cm³/mol. The van der Waals surface area contributed by atoms with E-state index in [1.54, 1.807) is 0 Å². The maximum atomic E-state index is 10.6. The lowest BCUT2D eigenvalue weighted by molar-refractivity contribution is -0.122. The van der Waals surface area contributed by atoms with Crippen molar-refractivity contribution >= 4 is 5.78 Å². The average molecular weight is 296 g/mol. The maximum Gasteiger partial charge on any atom is 0.155 e. The van der Waals surface area contributed by atoms with Crippen LogP contribution in [0.25, 0.3) is 0 Å². The first-order chi connectivity index (χ1) is 10.3. The highest BCUT2D eigenvalue weighted by Gasteiger charge is 1.95. The Hall–Kier alpha value is -1.27. The molecule has 1 rings (SSSR count). The minimum absolute atomic E-state index is 0.0221. The van der Waals surface area contributed by atoms with Gasteiger partial charge in [0, 0.05) is 0 Å². The highest BCUT2D eigenvalue weighted by Crippen LogP contribution is 1.99. The lowest BCUT2D eigenvalue weighted by atomic mass is 10.2. The van der Waals surface area contributed by atoms with Crippen molar-refractivity contribution in [3.05, 3.63) is 35.9 Å². The van der Waals surface area contributed by atoms with Gasteiger partial charge in [0.15, 0.2) is 5.78 Å². The molecule has 1 aromatic rings. The van der Waals surface area contributed by atoms with Crippen LogP contribution in [-0.2, 0) is 30.3 Å². The first-order valence-corrected chi connectivity index (χ1v) is 7.13. The molecule has 0 fully saturated rings. The number of Topliss-reactive ketones (excluding diaryl/α,β-unsaturated/α-hetero) is 1. The van der Waals surface area contributed by atoms with E-state index in [2.05, 4.69) is 0 Å². The summed E-state index contributed by atoms with van der Waals surface area (Å²) in [6.45, 7) is 5.32. The normalized spacial score (nSPS) is 10.7. The smallest absolute Gasteiger partial charge is 0.155 e. The summed E-state index contributed by atoms with van der Waals surface area (Å²) in [5.41, 5.74) is 1.16. The van der Waals surface area contributed by atoms with Crippen LogP contribution < -0.4 is 0 Å². The molecular weight excluding hydrogens is 272 g/mol. The van der Waals surface area contributed by atoms with Gasteiger partial charge in [0.25, 0.3) is 0 Å². The van der Waals surface area contributed by atoms with Crippen molar-refractivity contribution in [2.24, 2.45) is 0 Å². The molecular formula is C16H24O5. The Kier molecular flexibility index (Phi) is 10.6. The second kappa shape index (κ2) is 12.5. The van der Waals surface area contributed by atoms with Gasteiger partial charge in [0.05, 0.1) is 46.2 Å². The van der Waals surface area contributed by atoms with Crippen LogP contribution in [-0.4, -0.2) is 52.0 Å². The van der Waals surface area contributed by atoms with Gasteiger partial charge < -0.3 is 18.9 Å². The number of ether oxygens (including phenoxy) is 4. The van der Waals surface area contributed by atoms with Crippen LogP contribution in [0.2, 0.25) is 0 Å². The highest BCUT2D eigenvalue weighted by molar-refractivity contribution is 5.76. The minimum Gasteiger partial charge on any atom is -0.377 e. The molecule has 0 bridgehead atoms. The fourth-order valence-corrected chi connectivity index (χ4v) is 1.54. The molecule has 0 heterocycles.